The Morgan fingerprint density at radius 1 is 1.04 bits per heavy atom. The summed E-state index contributed by atoms with van der Waals surface area (Å²) in [4.78, 5) is 3.36. The summed E-state index contributed by atoms with van der Waals surface area (Å²) in [6, 6.07) is 9.29. The van der Waals surface area contributed by atoms with Crippen molar-refractivity contribution in [1.29, 1.82) is 0 Å². The number of hydrogen-bond donors (Lipinski definition) is 0. The standard InChI is InChI=1S/C17H18F4N4/c1-12-10-24(8-9-25(12)11-17(19,20)21)16-7-6-15(22-23-16)13-2-4-14(18)5-3-13/h2-7,12H,8-11H2,1H3. The molecule has 1 aliphatic rings. The lowest BCUT2D eigenvalue weighted by Gasteiger charge is -2.40. The predicted molar refractivity (Wildman–Crippen MR) is 86.7 cm³/mol. The fraction of sp³-hybridized carbons (Fsp3) is 0.412. The molecule has 2 heterocycles. The molecule has 0 saturated carbocycles. The lowest BCUT2D eigenvalue weighted by Crippen LogP contribution is -2.54. The minimum atomic E-state index is -4.19. The van der Waals surface area contributed by atoms with E-state index < -0.39 is 12.7 Å². The zero-order valence-electron chi connectivity index (χ0n) is 13.7. The van der Waals surface area contributed by atoms with E-state index in [0.717, 1.165) is 5.56 Å². The van der Waals surface area contributed by atoms with Crippen LogP contribution in [0.25, 0.3) is 11.3 Å². The molecular formula is C17H18F4N4. The number of halogens is 4. The Kier molecular flexibility index (Phi) is 4.89. The molecule has 0 amide bonds. The average Bonchev–Trinajstić information content (AvgIpc) is 2.56. The summed E-state index contributed by atoms with van der Waals surface area (Å²) >= 11 is 0. The van der Waals surface area contributed by atoms with Crippen LogP contribution in [0, 0.1) is 5.82 Å². The summed E-state index contributed by atoms with van der Waals surface area (Å²) in [5.41, 5.74) is 1.37. The third-order valence-electron chi connectivity index (χ3n) is 4.26. The topological polar surface area (TPSA) is 32.3 Å². The van der Waals surface area contributed by atoms with E-state index in [9.17, 15) is 17.6 Å². The van der Waals surface area contributed by atoms with Gasteiger partial charge in [-0.2, -0.15) is 13.2 Å². The van der Waals surface area contributed by atoms with Crippen LogP contribution in [0.4, 0.5) is 23.4 Å². The summed E-state index contributed by atoms with van der Waals surface area (Å²) in [6.07, 6.45) is -4.19. The monoisotopic (exact) mass is 354 g/mol. The van der Waals surface area contributed by atoms with Gasteiger partial charge < -0.3 is 4.90 Å². The van der Waals surface area contributed by atoms with Crippen molar-refractivity contribution in [2.75, 3.05) is 31.1 Å². The van der Waals surface area contributed by atoms with Crippen LogP contribution in [0.5, 0.6) is 0 Å². The lowest BCUT2D eigenvalue weighted by molar-refractivity contribution is -0.150. The molecule has 1 aromatic carbocycles. The Bertz CT molecular complexity index is 700. The van der Waals surface area contributed by atoms with Crippen LogP contribution in [0.2, 0.25) is 0 Å². The first-order valence-corrected chi connectivity index (χ1v) is 7.97. The Hall–Kier alpha value is -2.22. The smallest absolute Gasteiger partial charge is 0.352 e. The molecule has 0 N–H and O–H groups in total. The van der Waals surface area contributed by atoms with Gasteiger partial charge in [0, 0.05) is 31.2 Å². The number of hydrogen-bond acceptors (Lipinski definition) is 4. The van der Waals surface area contributed by atoms with E-state index in [-0.39, 0.29) is 11.9 Å². The first-order chi connectivity index (χ1) is 11.8. The normalized spacial score (nSPS) is 19.2. The van der Waals surface area contributed by atoms with Gasteiger partial charge >= 0.3 is 6.18 Å². The SMILES string of the molecule is CC1CN(c2ccc(-c3ccc(F)cc3)nn2)CCN1CC(F)(F)F. The van der Waals surface area contributed by atoms with Crippen molar-refractivity contribution < 1.29 is 17.6 Å². The first kappa shape index (κ1) is 17.6. The number of alkyl halides is 3. The van der Waals surface area contributed by atoms with E-state index in [1.165, 1.54) is 17.0 Å². The van der Waals surface area contributed by atoms with Crippen LogP contribution in [-0.4, -0.2) is 53.5 Å². The maximum atomic E-state index is 13.0. The van der Waals surface area contributed by atoms with Gasteiger partial charge in [0.15, 0.2) is 5.82 Å². The van der Waals surface area contributed by atoms with E-state index in [1.807, 2.05) is 4.90 Å². The fourth-order valence-corrected chi connectivity index (χ4v) is 2.94. The molecule has 0 bridgehead atoms. The molecule has 1 atom stereocenters. The summed E-state index contributed by atoms with van der Waals surface area (Å²) in [7, 11) is 0. The van der Waals surface area contributed by atoms with Crippen molar-refractivity contribution >= 4 is 5.82 Å². The van der Waals surface area contributed by atoms with Crippen LogP contribution < -0.4 is 4.90 Å². The third-order valence-corrected chi connectivity index (χ3v) is 4.26. The second-order valence-electron chi connectivity index (χ2n) is 6.16. The van der Waals surface area contributed by atoms with Crippen molar-refractivity contribution in [1.82, 2.24) is 15.1 Å². The van der Waals surface area contributed by atoms with Crippen molar-refractivity contribution in [3.63, 3.8) is 0 Å². The van der Waals surface area contributed by atoms with Crippen LogP contribution in [0.1, 0.15) is 6.92 Å². The molecule has 1 unspecified atom stereocenters. The molecule has 25 heavy (non-hydrogen) atoms. The maximum Gasteiger partial charge on any atom is 0.401 e. The number of piperazine rings is 1. The fourth-order valence-electron chi connectivity index (χ4n) is 2.94. The molecule has 1 saturated heterocycles. The highest BCUT2D eigenvalue weighted by Gasteiger charge is 2.35. The molecule has 0 aliphatic carbocycles. The molecule has 0 radical (unpaired) electrons. The number of nitrogens with zero attached hydrogens (tertiary/aromatic N) is 4. The largest absolute Gasteiger partial charge is 0.401 e. The Labute approximate surface area is 143 Å². The molecule has 2 aromatic rings. The second-order valence-corrected chi connectivity index (χ2v) is 6.16. The number of aromatic nitrogens is 2. The van der Waals surface area contributed by atoms with Gasteiger partial charge in [-0.3, -0.25) is 4.90 Å². The highest BCUT2D eigenvalue weighted by Crippen LogP contribution is 2.23. The van der Waals surface area contributed by atoms with Gasteiger partial charge in [-0.15, -0.1) is 10.2 Å². The minimum Gasteiger partial charge on any atom is -0.352 e. The molecule has 1 fully saturated rings. The van der Waals surface area contributed by atoms with Crippen LogP contribution in [-0.2, 0) is 0 Å². The van der Waals surface area contributed by atoms with Gasteiger partial charge in [-0.1, -0.05) is 0 Å². The number of benzene rings is 1. The number of rotatable bonds is 3. The lowest BCUT2D eigenvalue weighted by atomic mass is 10.1. The van der Waals surface area contributed by atoms with E-state index >= 15 is 0 Å². The summed E-state index contributed by atoms with van der Waals surface area (Å²) in [6.45, 7) is 2.13. The van der Waals surface area contributed by atoms with Crippen LogP contribution in [0.3, 0.4) is 0 Å². The average molecular weight is 354 g/mol. The first-order valence-electron chi connectivity index (χ1n) is 7.97. The van der Waals surface area contributed by atoms with E-state index in [4.69, 9.17) is 0 Å². The van der Waals surface area contributed by atoms with E-state index in [2.05, 4.69) is 10.2 Å². The van der Waals surface area contributed by atoms with Crippen LogP contribution in [0.15, 0.2) is 36.4 Å². The molecule has 4 nitrogen and oxygen atoms in total. The molecular weight excluding hydrogens is 336 g/mol. The van der Waals surface area contributed by atoms with Crippen molar-refractivity contribution in [2.24, 2.45) is 0 Å². The van der Waals surface area contributed by atoms with Gasteiger partial charge in [0.2, 0.25) is 0 Å². The zero-order valence-corrected chi connectivity index (χ0v) is 13.7. The molecule has 3 rings (SSSR count). The highest BCUT2D eigenvalue weighted by atomic mass is 19.4. The maximum absolute atomic E-state index is 13.0. The van der Waals surface area contributed by atoms with Gasteiger partial charge in [-0.25, -0.2) is 4.39 Å². The van der Waals surface area contributed by atoms with Crippen molar-refractivity contribution in [3.05, 3.63) is 42.2 Å². The Morgan fingerprint density at radius 2 is 1.76 bits per heavy atom. The molecule has 8 heteroatoms. The number of anilines is 1. The second kappa shape index (κ2) is 6.95. The van der Waals surface area contributed by atoms with E-state index in [1.54, 1.807) is 31.2 Å². The highest BCUT2D eigenvalue weighted by molar-refractivity contribution is 5.59. The van der Waals surface area contributed by atoms with Crippen molar-refractivity contribution in [3.8, 4) is 11.3 Å². The van der Waals surface area contributed by atoms with Gasteiger partial charge in [0.25, 0.3) is 0 Å². The Morgan fingerprint density at radius 3 is 2.32 bits per heavy atom. The third kappa shape index (κ3) is 4.45. The molecule has 1 aliphatic heterocycles. The van der Waals surface area contributed by atoms with Gasteiger partial charge in [-0.05, 0) is 43.3 Å². The zero-order chi connectivity index (χ0) is 18.0. The van der Waals surface area contributed by atoms with Crippen LogP contribution >= 0.6 is 0 Å². The van der Waals surface area contributed by atoms with E-state index in [0.29, 0.717) is 31.1 Å². The molecule has 0 spiro atoms. The predicted octanol–water partition coefficient (Wildman–Crippen LogP) is 3.36. The van der Waals surface area contributed by atoms with Gasteiger partial charge in [0.05, 0.1) is 12.2 Å². The molecule has 1 aromatic heterocycles. The summed E-state index contributed by atoms with van der Waals surface area (Å²) < 4.78 is 50.7. The Balaban J connectivity index is 1.66. The minimum absolute atomic E-state index is 0.228. The summed E-state index contributed by atoms with van der Waals surface area (Å²) in [5.74, 6) is 0.309. The van der Waals surface area contributed by atoms with Crippen molar-refractivity contribution in [2.45, 2.75) is 19.1 Å². The molecule has 134 valence electrons. The summed E-state index contributed by atoms with van der Waals surface area (Å²) in [5, 5.41) is 8.33. The quantitative estimate of drug-likeness (QED) is 0.792. The van der Waals surface area contributed by atoms with Gasteiger partial charge in [0.1, 0.15) is 5.82 Å².